The molecule has 2 atom stereocenters. The first-order valence-corrected chi connectivity index (χ1v) is 12.3. The van der Waals surface area contributed by atoms with Crippen LogP contribution in [0.2, 0.25) is 0 Å². The lowest BCUT2D eigenvalue weighted by molar-refractivity contribution is 0.436. The zero-order valence-corrected chi connectivity index (χ0v) is 20.0. The Kier molecular flexibility index (Phi) is 9.98. The molecule has 0 N–H and O–H groups in total. The molecule has 0 spiro atoms. The highest BCUT2D eigenvalue weighted by molar-refractivity contribution is 5.35. The molecule has 0 aliphatic rings. The fraction of sp³-hybridized carbons (Fsp3) is 0.586. The van der Waals surface area contributed by atoms with Crippen LogP contribution in [-0.4, -0.2) is 0 Å². The molecule has 0 heterocycles. The van der Waals surface area contributed by atoms with Crippen LogP contribution < -0.4 is 0 Å². The van der Waals surface area contributed by atoms with E-state index in [0.717, 1.165) is 25.7 Å². The Bertz CT molecular complexity index is 740. The van der Waals surface area contributed by atoms with E-state index < -0.39 is 0 Å². The van der Waals surface area contributed by atoms with E-state index in [9.17, 15) is 0 Å². The molecule has 0 nitrogen and oxygen atoms in total. The summed E-state index contributed by atoms with van der Waals surface area (Å²) < 4.78 is 0. The zero-order chi connectivity index (χ0) is 21.2. The van der Waals surface area contributed by atoms with Crippen LogP contribution in [-0.2, 0) is 32.1 Å². The van der Waals surface area contributed by atoms with Crippen molar-refractivity contribution in [3.8, 4) is 0 Å². The minimum Gasteiger partial charge on any atom is -0.0654 e. The molecule has 0 heteroatoms. The van der Waals surface area contributed by atoms with Crippen molar-refractivity contribution in [3.05, 3.63) is 69.8 Å². The maximum Gasteiger partial charge on any atom is -0.0159 e. The van der Waals surface area contributed by atoms with Crippen molar-refractivity contribution < 1.29 is 0 Å². The maximum absolute atomic E-state index is 2.52. The van der Waals surface area contributed by atoms with Crippen molar-refractivity contribution in [1.29, 1.82) is 0 Å². The van der Waals surface area contributed by atoms with E-state index in [1.807, 2.05) is 0 Å². The van der Waals surface area contributed by atoms with E-state index in [2.05, 4.69) is 77.9 Å². The predicted molar refractivity (Wildman–Crippen MR) is 130 cm³/mol. The van der Waals surface area contributed by atoms with Crippen LogP contribution in [0, 0.1) is 5.92 Å². The van der Waals surface area contributed by atoms with Crippen LogP contribution >= 0.6 is 0 Å². The number of aryl methyl sites for hydroxylation is 4. The second kappa shape index (κ2) is 12.2. The summed E-state index contributed by atoms with van der Waals surface area (Å²) in [6, 6.07) is 14.6. The third-order valence-electron chi connectivity index (χ3n) is 6.67. The van der Waals surface area contributed by atoms with Gasteiger partial charge in [-0.2, -0.15) is 0 Å². The molecule has 29 heavy (non-hydrogen) atoms. The number of unbranched alkanes of at least 4 members (excludes halogenated alkanes) is 1. The summed E-state index contributed by atoms with van der Waals surface area (Å²) >= 11 is 0. The first kappa shape index (κ1) is 23.7. The fourth-order valence-electron chi connectivity index (χ4n) is 4.90. The van der Waals surface area contributed by atoms with Crippen molar-refractivity contribution in [1.82, 2.24) is 0 Å². The van der Waals surface area contributed by atoms with Crippen molar-refractivity contribution in [2.45, 2.75) is 105 Å². The van der Waals surface area contributed by atoms with Gasteiger partial charge in [0.25, 0.3) is 0 Å². The molecule has 0 bridgehead atoms. The van der Waals surface area contributed by atoms with Gasteiger partial charge < -0.3 is 0 Å². The molecule has 0 saturated heterocycles. The van der Waals surface area contributed by atoms with E-state index in [-0.39, 0.29) is 0 Å². The average molecular weight is 393 g/mol. The van der Waals surface area contributed by atoms with E-state index in [0.29, 0.717) is 11.8 Å². The SMILES string of the molecule is CCCCC(CC(C)Cc1ccc(CC)c(CC)c1)c1ccc(CC)c(CC)c1. The predicted octanol–water partition coefficient (Wildman–Crippen LogP) is 8.48. The first-order chi connectivity index (χ1) is 14.1. The number of rotatable bonds is 12. The van der Waals surface area contributed by atoms with Crippen molar-refractivity contribution in [3.63, 3.8) is 0 Å². The van der Waals surface area contributed by atoms with E-state index in [1.165, 1.54) is 48.8 Å². The van der Waals surface area contributed by atoms with Crippen LogP contribution in [0.3, 0.4) is 0 Å². The number of hydrogen-bond donors (Lipinski definition) is 0. The Morgan fingerprint density at radius 3 is 1.86 bits per heavy atom. The van der Waals surface area contributed by atoms with Gasteiger partial charge in [-0.15, -0.1) is 0 Å². The van der Waals surface area contributed by atoms with Gasteiger partial charge in [0.15, 0.2) is 0 Å². The third kappa shape index (κ3) is 6.73. The Balaban J connectivity index is 2.15. The van der Waals surface area contributed by atoms with Gasteiger partial charge >= 0.3 is 0 Å². The molecular weight excluding hydrogens is 348 g/mol. The van der Waals surface area contributed by atoms with E-state index >= 15 is 0 Å². The van der Waals surface area contributed by atoms with E-state index in [1.54, 1.807) is 16.7 Å². The highest BCUT2D eigenvalue weighted by Crippen LogP contribution is 2.32. The molecule has 2 rings (SSSR count). The highest BCUT2D eigenvalue weighted by Gasteiger charge is 2.17. The molecule has 0 saturated carbocycles. The molecule has 2 aromatic rings. The Morgan fingerprint density at radius 1 is 0.690 bits per heavy atom. The van der Waals surface area contributed by atoms with Gasteiger partial charge in [-0.25, -0.2) is 0 Å². The third-order valence-corrected chi connectivity index (χ3v) is 6.67. The normalized spacial score (nSPS) is 13.4. The van der Waals surface area contributed by atoms with Crippen LogP contribution in [0.4, 0.5) is 0 Å². The summed E-state index contributed by atoms with van der Waals surface area (Å²) in [5.41, 5.74) is 9.25. The summed E-state index contributed by atoms with van der Waals surface area (Å²) in [6.07, 6.45) is 11.0. The first-order valence-electron chi connectivity index (χ1n) is 12.3. The Morgan fingerprint density at radius 2 is 1.28 bits per heavy atom. The fourth-order valence-corrected chi connectivity index (χ4v) is 4.90. The van der Waals surface area contributed by atoms with Gasteiger partial charge in [-0.3, -0.25) is 0 Å². The van der Waals surface area contributed by atoms with Gasteiger partial charge in [0, 0.05) is 0 Å². The zero-order valence-electron chi connectivity index (χ0n) is 20.0. The molecule has 160 valence electrons. The molecule has 2 aromatic carbocycles. The summed E-state index contributed by atoms with van der Waals surface area (Å²) in [7, 11) is 0. The Hall–Kier alpha value is -1.56. The Labute approximate surface area is 181 Å². The second-order valence-corrected chi connectivity index (χ2v) is 8.93. The minimum atomic E-state index is 0.696. The lowest BCUT2D eigenvalue weighted by Crippen LogP contribution is -2.09. The molecule has 2 unspecified atom stereocenters. The second-order valence-electron chi connectivity index (χ2n) is 8.93. The van der Waals surface area contributed by atoms with Gasteiger partial charge in [0.2, 0.25) is 0 Å². The van der Waals surface area contributed by atoms with Crippen LogP contribution in [0.1, 0.15) is 107 Å². The van der Waals surface area contributed by atoms with E-state index in [4.69, 9.17) is 0 Å². The van der Waals surface area contributed by atoms with Crippen molar-refractivity contribution in [2.24, 2.45) is 5.92 Å². The minimum absolute atomic E-state index is 0.696. The molecule has 0 fully saturated rings. The van der Waals surface area contributed by atoms with Crippen LogP contribution in [0.25, 0.3) is 0 Å². The highest BCUT2D eigenvalue weighted by atomic mass is 14.2. The lowest BCUT2D eigenvalue weighted by Gasteiger charge is -2.23. The number of hydrogen-bond acceptors (Lipinski definition) is 0. The van der Waals surface area contributed by atoms with Crippen molar-refractivity contribution in [2.75, 3.05) is 0 Å². The molecule has 0 radical (unpaired) electrons. The summed E-state index contributed by atoms with van der Waals surface area (Å²) in [6.45, 7) is 13.9. The average Bonchev–Trinajstić information content (AvgIpc) is 2.75. The topological polar surface area (TPSA) is 0 Å². The monoisotopic (exact) mass is 392 g/mol. The summed E-state index contributed by atoms with van der Waals surface area (Å²) in [5, 5.41) is 0. The smallest absolute Gasteiger partial charge is 0.0159 e. The van der Waals surface area contributed by atoms with Gasteiger partial charge in [-0.05, 0) is 90.2 Å². The molecule has 0 aliphatic carbocycles. The standard InChI is InChI=1S/C29H44/c1-7-12-13-28(29-17-16-25(9-3)27(11-5)21-29)19-22(6)18-23-14-15-24(8-2)26(10-4)20-23/h14-17,20-22,28H,7-13,18-19H2,1-6H3. The molecule has 0 aromatic heterocycles. The largest absolute Gasteiger partial charge is 0.0654 e. The molecular formula is C29H44. The summed E-state index contributed by atoms with van der Waals surface area (Å²) in [4.78, 5) is 0. The van der Waals surface area contributed by atoms with Crippen LogP contribution in [0.5, 0.6) is 0 Å². The van der Waals surface area contributed by atoms with Gasteiger partial charge in [0.1, 0.15) is 0 Å². The van der Waals surface area contributed by atoms with Gasteiger partial charge in [0.05, 0.1) is 0 Å². The lowest BCUT2D eigenvalue weighted by atomic mass is 9.82. The maximum atomic E-state index is 2.52. The quantitative estimate of drug-likeness (QED) is 0.340. The summed E-state index contributed by atoms with van der Waals surface area (Å²) in [5.74, 6) is 1.41. The van der Waals surface area contributed by atoms with Gasteiger partial charge in [-0.1, -0.05) is 90.8 Å². The van der Waals surface area contributed by atoms with Crippen LogP contribution in [0.15, 0.2) is 36.4 Å². The van der Waals surface area contributed by atoms with Crippen molar-refractivity contribution >= 4 is 0 Å². The molecule has 0 aliphatic heterocycles. The molecule has 0 amide bonds. The number of benzene rings is 2.